The lowest BCUT2D eigenvalue weighted by Crippen LogP contribution is -2.06. The van der Waals surface area contributed by atoms with E-state index in [4.69, 9.17) is 23.8 Å². The van der Waals surface area contributed by atoms with Crippen LogP contribution in [0.5, 0.6) is 0 Å². The van der Waals surface area contributed by atoms with Gasteiger partial charge in [0.05, 0.1) is 11.0 Å². The topological polar surface area (TPSA) is 69.9 Å². The van der Waals surface area contributed by atoms with Crippen LogP contribution >= 0.6 is 0 Å². The van der Waals surface area contributed by atoms with E-state index in [1.54, 1.807) is 0 Å². The average molecular weight is 731 g/mol. The second-order valence-corrected chi connectivity index (χ2v) is 14.3. The van der Waals surface area contributed by atoms with Gasteiger partial charge in [-0.2, -0.15) is 9.97 Å². The van der Waals surface area contributed by atoms with Gasteiger partial charge in [0.1, 0.15) is 22.3 Å². The maximum absolute atomic E-state index is 6.91. The zero-order valence-corrected chi connectivity index (χ0v) is 30.4. The molecule has 4 aromatic heterocycles. The van der Waals surface area contributed by atoms with Crippen LogP contribution in [0.25, 0.3) is 117 Å². The number of furan rings is 2. The number of aromatic nitrogens is 4. The summed E-state index contributed by atoms with van der Waals surface area (Å²) in [5, 5.41) is 6.32. The van der Waals surface area contributed by atoms with Crippen molar-refractivity contribution in [1.82, 2.24) is 19.5 Å². The molecule has 0 saturated heterocycles. The van der Waals surface area contributed by atoms with Gasteiger partial charge in [0.15, 0.2) is 11.6 Å². The van der Waals surface area contributed by atoms with Gasteiger partial charge in [0.25, 0.3) is 0 Å². The highest BCUT2D eigenvalue weighted by atomic mass is 16.3. The Morgan fingerprint density at radius 1 is 0.351 bits per heavy atom. The number of benzene rings is 8. The first-order valence-electron chi connectivity index (χ1n) is 19.0. The van der Waals surface area contributed by atoms with Crippen LogP contribution in [0.2, 0.25) is 0 Å². The summed E-state index contributed by atoms with van der Waals surface area (Å²) in [6.45, 7) is 0. The molecule has 266 valence electrons. The molecule has 0 spiro atoms. The molecule has 0 aliphatic rings. The van der Waals surface area contributed by atoms with Crippen molar-refractivity contribution in [2.24, 2.45) is 0 Å². The molecule has 0 radical (unpaired) electrons. The van der Waals surface area contributed by atoms with Crippen molar-refractivity contribution >= 4 is 65.7 Å². The second kappa shape index (κ2) is 12.3. The van der Waals surface area contributed by atoms with E-state index in [9.17, 15) is 0 Å². The molecule has 0 aliphatic heterocycles. The molecule has 0 fully saturated rings. The minimum Gasteiger partial charge on any atom is -0.456 e. The molecule has 57 heavy (non-hydrogen) atoms. The average Bonchev–Trinajstić information content (AvgIpc) is 3.96. The highest BCUT2D eigenvalue weighted by Crippen LogP contribution is 2.45. The molecule has 0 bridgehead atoms. The van der Waals surface area contributed by atoms with E-state index in [0.717, 1.165) is 99.1 Å². The summed E-state index contributed by atoms with van der Waals surface area (Å²) in [5.41, 5.74) is 11.3. The molecule has 6 nitrogen and oxygen atoms in total. The minimum absolute atomic E-state index is 0.550. The van der Waals surface area contributed by atoms with Crippen molar-refractivity contribution in [1.29, 1.82) is 0 Å². The Kier molecular flexibility index (Phi) is 6.83. The number of hydrogen-bond donors (Lipinski definition) is 0. The standard InChI is InChI=1S/C51H30N4O2/c1-3-15-31(16-4-1)33-29-40(46-37-21-9-12-27-43(37)56-45(46)30-33)36-22-13-23-38-47-39(24-14-28-44(47)57-48(36)38)50-52-49(32-17-5-2-6-18-32)53-51(54-50)55-41-25-10-7-19-34(41)35-20-8-11-26-42(35)55/h1-30H. The van der Waals surface area contributed by atoms with Crippen molar-refractivity contribution in [2.75, 3.05) is 0 Å². The minimum atomic E-state index is 0.550. The van der Waals surface area contributed by atoms with Gasteiger partial charge in [-0.1, -0.05) is 146 Å². The fourth-order valence-corrected chi connectivity index (χ4v) is 8.55. The van der Waals surface area contributed by atoms with Crippen LogP contribution in [0.1, 0.15) is 0 Å². The van der Waals surface area contributed by atoms with Crippen molar-refractivity contribution in [2.45, 2.75) is 0 Å². The maximum Gasteiger partial charge on any atom is 0.238 e. The molecule has 0 unspecified atom stereocenters. The third kappa shape index (κ3) is 4.87. The number of rotatable bonds is 5. The second-order valence-electron chi connectivity index (χ2n) is 14.3. The van der Waals surface area contributed by atoms with Crippen molar-refractivity contribution in [3.8, 4) is 51.0 Å². The summed E-state index contributed by atoms with van der Waals surface area (Å²) in [4.78, 5) is 15.6. The third-order valence-electron chi connectivity index (χ3n) is 11.1. The van der Waals surface area contributed by atoms with Gasteiger partial charge in [-0.15, -0.1) is 0 Å². The van der Waals surface area contributed by atoms with Crippen LogP contribution in [0.15, 0.2) is 191 Å². The van der Waals surface area contributed by atoms with Crippen LogP contribution in [0, 0.1) is 0 Å². The molecule has 12 rings (SSSR count). The molecule has 0 saturated carbocycles. The highest BCUT2D eigenvalue weighted by molar-refractivity contribution is 6.20. The molecule has 0 amide bonds. The number of fused-ring (bicyclic) bond motifs is 9. The van der Waals surface area contributed by atoms with Gasteiger partial charge in [-0.05, 0) is 53.1 Å². The van der Waals surface area contributed by atoms with Crippen molar-refractivity contribution in [3.63, 3.8) is 0 Å². The number of nitrogens with zero attached hydrogens (tertiary/aromatic N) is 4. The predicted molar refractivity (Wildman–Crippen MR) is 230 cm³/mol. The Morgan fingerprint density at radius 2 is 0.930 bits per heavy atom. The van der Waals surface area contributed by atoms with E-state index in [1.165, 1.54) is 0 Å². The first kappa shape index (κ1) is 31.5. The van der Waals surface area contributed by atoms with Crippen molar-refractivity contribution < 1.29 is 8.83 Å². The van der Waals surface area contributed by atoms with Gasteiger partial charge in [0.2, 0.25) is 5.95 Å². The summed E-state index contributed by atoms with van der Waals surface area (Å²) in [5.74, 6) is 1.71. The lowest BCUT2D eigenvalue weighted by Gasteiger charge is -2.11. The van der Waals surface area contributed by atoms with Crippen LogP contribution in [-0.2, 0) is 0 Å². The summed E-state index contributed by atoms with van der Waals surface area (Å²) in [7, 11) is 0. The smallest absolute Gasteiger partial charge is 0.238 e. The van der Waals surface area contributed by atoms with Gasteiger partial charge >= 0.3 is 0 Å². The molecule has 4 heterocycles. The quantitative estimate of drug-likeness (QED) is 0.176. The van der Waals surface area contributed by atoms with Crippen LogP contribution in [0.3, 0.4) is 0 Å². The molecule has 12 aromatic rings. The molecule has 8 aromatic carbocycles. The van der Waals surface area contributed by atoms with E-state index >= 15 is 0 Å². The summed E-state index contributed by atoms with van der Waals surface area (Å²) in [6, 6.07) is 62.5. The highest BCUT2D eigenvalue weighted by Gasteiger charge is 2.23. The van der Waals surface area contributed by atoms with Crippen LogP contribution in [-0.4, -0.2) is 19.5 Å². The fraction of sp³-hybridized carbons (Fsp3) is 0. The third-order valence-corrected chi connectivity index (χ3v) is 11.1. The summed E-state index contributed by atoms with van der Waals surface area (Å²) >= 11 is 0. The number of hydrogen-bond acceptors (Lipinski definition) is 5. The van der Waals surface area contributed by atoms with E-state index in [1.807, 2.05) is 60.7 Å². The largest absolute Gasteiger partial charge is 0.456 e. The van der Waals surface area contributed by atoms with Crippen LogP contribution in [0.4, 0.5) is 0 Å². The lowest BCUT2D eigenvalue weighted by atomic mass is 9.93. The maximum atomic E-state index is 6.91. The van der Waals surface area contributed by atoms with Crippen LogP contribution < -0.4 is 0 Å². The first-order chi connectivity index (χ1) is 28.3. The molecule has 6 heteroatoms. The van der Waals surface area contributed by atoms with Gasteiger partial charge in [-0.25, -0.2) is 4.98 Å². The van der Waals surface area contributed by atoms with Gasteiger partial charge < -0.3 is 8.83 Å². The van der Waals surface area contributed by atoms with E-state index in [0.29, 0.717) is 17.6 Å². The SMILES string of the molecule is c1ccc(-c2cc(-c3cccc4c3oc3cccc(-c5nc(-c6ccccc6)nc(-n6c7ccccc7c7ccccc76)n5)c34)c3c(c2)oc2ccccc23)cc1. The Hall–Kier alpha value is -7.83. The monoisotopic (exact) mass is 730 g/mol. The van der Waals surface area contributed by atoms with Gasteiger partial charge in [-0.3, -0.25) is 4.57 Å². The molecule has 0 atom stereocenters. The Balaban J connectivity index is 1.13. The Labute approximate surface area is 325 Å². The van der Waals surface area contributed by atoms with Gasteiger partial charge in [0, 0.05) is 49.0 Å². The van der Waals surface area contributed by atoms with E-state index in [-0.39, 0.29) is 0 Å². The first-order valence-corrected chi connectivity index (χ1v) is 19.0. The summed E-state index contributed by atoms with van der Waals surface area (Å²) < 4.78 is 15.6. The Bertz CT molecular complexity index is 3470. The lowest BCUT2D eigenvalue weighted by molar-refractivity contribution is 0.669. The van der Waals surface area contributed by atoms with E-state index in [2.05, 4.69) is 126 Å². The zero-order valence-electron chi connectivity index (χ0n) is 30.4. The number of para-hydroxylation sites is 4. The molecule has 0 N–H and O–H groups in total. The van der Waals surface area contributed by atoms with Crippen molar-refractivity contribution in [3.05, 3.63) is 182 Å². The normalized spacial score (nSPS) is 11.9. The predicted octanol–water partition coefficient (Wildman–Crippen LogP) is 13.4. The fourth-order valence-electron chi connectivity index (χ4n) is 8.55. The van der Waals surface area contributed by atoms with E-state index < -0.39 is 0 Å². The molecular formula is C51H30N4O2. The zero-order chi connectivity index (χ0) is 37.5. The Morgan fingerprint density at radius 3 is 1.70 bits per heavy atom. The summed E-state index contributed by atoms with van der Waals surface area (Å²) in [6.07, 6.45) is 0. The molecular weight excluding hydrogens is 701 g/mol. The molecule has 0 aliphatic carbocycles.